The molecule has 180 valence electrons. The van der Waals surface area contributed by atoms with Gasteiger partial charge in [-0.25, -0.2) is 0 Å². The van der Waals surface area contributed by atoms with E-state index in [1.54, 1.807) is 11.1 Å². The monoisotopic (exact) mass is 459 g/mol. The fourth-order valence-electron chi connectivity index (χ4n) is 4.50. The van der Waals surface area contributed by atoms with Crippen LogP contribution in [-0.4, -0.2) is 73.0 Å². The van der Waals surface area contributed by atoms with Crippen molar-refractivity contribution >= 4 is 5.91 Å². The van der Waals surface area contributed by atoms with Crippen LogP contribution in [0.2, 0.25) is 0 Å². The van der Waals surface area contributed by atoms with E-state index in [0.717, 1.165) is 45.7 Å². The molecule has 1 saturated heterocycles. The highest BCUT2D eigenvalue weighted by Crippen LogP contribution is 2.29. The van der Waals surface area contributed by atoms with E-state index in [-0.39, 0.29) is 17.5 Å². The Bertz CT molecular complexity index is 902. The second kappa shape index (κ2) is 13.5. The molecule has 1 amide bonds. The molecule has 1 fully saturated rings. The molecule has 34 heavy (non-hydrogen) atoms. The highest BCUT2D eigenvalue weighted by atomic mass is 16.2. The minimum atomic E-state index is -0.186. The van der Waals surface area contributed by atoms with Gasteiger partial charge in [0.1, 0.15) is 11.6 Å². The van der Waals surface area contributed by atoms with E-state index in [4.69, 9.17) is 0 Å². The molecule has 2 aromatic rings. The smallest absolute Gasteiger partial charge is 0.266 e. The zero-order valence-electron chi connectivity index (χ0n) is 20.5. The van der Waals surface area contributed by atoms with Gasteiger partial charge in [0.25, 0.3) is 5.91 Å². The van der Waals surface area contributed by atoms with Crippen molar-refractivity contribution in [3.63, 3.8) is 0 Å². The molecular formula is C28H37N5O. The zero-order valence-corrected chi connectivity index (χ0v) is 20.5. The third-order valence-electron chi connectivity index (χ3n) is 6.48. The van der Waals surface area contributed by atoms with Gasteiger partial charge in [0, 0.05) is 38.9 Å². The summed E-state index contributed by atoms with van der Waals surface area (Å²) in [4.78, 5) is 19.6. The number of hydrogen-bond acceptors (Lipinski definition) is 5. The van der Waals surface area contributed by atoms with Crippen molar-refractivity contribution in [2.75, 3.05) is 52.4 Å². The molecule has 0 aromatic heterocycles. The number of nitriles is 1. The van der Waals surface area contributed by atoms with E-state index in [9.17, 15) is 10.1 Å². The topological polar surface area (TPSA) is 62.6 Å². The third kappa shape index (κ3) is 6.93. The molecule has 0 unspecified atom stereocenters. The molecule has 0 atom stereocenters. The Labute approximate surface area is 204 Å². The quantitative estimate of drug-likeness (QED) is 0.316. The van der Waals surface area contributed by atoms with Gasteiger partial charge < -0.3 is 15.1 Å². The Kier molecular flexibility index (Phi) is 10.1. The highest BCUT2D eigenvalue weighted by molar-refractivity contribution is 5.97. The van der Waals surface area contributed by atoms with Gasteiger partial charge >= 0.3 is 0 Å². The number of carbonyl (C=O) groups excluding carboxylic acids is 1. The van der Waals surface area contributed by atoms with Crippen LogP contribution in [0.15, 0.2) is 72.4 Å². The number of amides is 1. The fraction of sp³-hybridized carbons (Fsp3) is 0.429. The van der Waals surface area contributed by atoms with Crippen molar-refractivity contribution in [2.45, 2.75) is 26.3 Å². The van der Waals surface area contributed by atoms with Crippen LogP contribution in [0.1, 0.15) is 37.4 Å². The predicted molar refractivity (Wildman–Crippen MR) is 137 cm³/mol. The van der Waals surface area contributed by atoms with Crippen LogP contribution < -0.4 is 5.32 Å². The maximum atomic E-state index is 13.0. The summed E-state index contributed by atoms with van der Waals surface area (Å²) in [6, 6.07) is 23.3. The Hall–Kier alpha value is -3.14. The van der Waals surface area contributed by atoms with Crippen LogP contribution >= 0.6 is 0 Å². The molecule has 6 heteroatoms. The van der Waals surface area contributed by atoms with E-state index in [2.05, 4.69) is 83.6 Å². The average molecular weight is 460 g/mol. The average Bonchev–Trinajstić information content (AvgIpc) is 2.90. The molecule has 1 heterocycles. The number of nitrogens with zero attached hydrogens (tertiary/aromatic N) is 4. The van der Waals surface area contributed by atoms with E-state index in [1.807, 2.05) is 12.1 Å². The van der Waals surface area contributed by atoms with Gasteiger partial charge in [-0.1, -0.05) is 74.5 Å². The Morgan fingerprint density at radius 1 is 1.00 bits per heavy atom. The van der Waals surface area contributed by atoms with Gasteiger partial charge in [0.15, 0.2) is 0 Å². The molecule has 0 radical (unpaired) electrons. The van der Waals surface area contributed by atoms with Crippen molar-refractivity contribution in [1.82, 2.24) is 20.0 Å². The van der Waals surface area contributed by atoms with Gasteiger partial charge in [0.05, 0.1) is 6.04 Å². The molecule has 0 spiro atoms. The van der Waals surface area contributed by atoms with E-state index < -0.39 is 0 Å². The van der Waals surface area contributed by atoms with Crippen molar-refractivity contribution in [3.8, 4) is 6.07 Å². The van der Waals surface area contributed by atoms with Crippen LogP contribution in [0, 0.1) is 11.3 Å². The van der Waals surface area contributed by atoms with Crippen molar-refractivity contribution < 1.29 is 4.79 Å². The largest absolute Gasteiger partial charge is 0.390 e. The SMILES string of the molecule is CCN(CC)CCCN/C=C(/C#N)C(=O)N1CCN(C(c2ccccc2)c2ccccc2)CC1. The second-order valence-electron chi connectivity index (χ2n) is 8.56. The molecule has 0 aliphatic carbocycles. The van der Waals surface area contributed by atoms with E-state index in [1.165, 1.54) is 11.1 Å². The van der Waals surface area contributed by atoms with Gasteiger partial charge in [-0.05, 0) is 37.2 Å². The van der Waals surface area contributed by atoms with E-state index >= 15 is 0 Å². The summed E-state index contributed by atoms with van der Waals surface area (Å²) in [7, 11) is 0. The minimum Gasteiger partial charge on any atom is -0.390 e. The normalized spacial score (nSPS) is 14.9. The number of piperazine rings is 1. The Balaban J connectivity index is 1.58. The molecule has 1 aliphatic heterocycles. The minimum absolute atomic E-state index is 0.151. The van der Waals surface area contributed by atoms with Crippen LogP contribution in [0.25, 0.3) is 0 Å². The Morgan fingerprint density at radius 3 is 2.06 bits per heavy atom. The molecule has 6 nitrogen and oxygen atoms in total. The van der Waals surface area contributed by atoms with Crippen molar-refractivity contribution in [1.29, 1.82) is 5.26 Å². The van der Waals surface area contributed by atoms with Gasteiger partial charge in [-0.2, -0.15) is 5.26 Å². The number of nitrogens with one attached hydrogen (secondary N) is 1. The molecule has 3 rings (SSSR count). The molecule has 2 aromatic carbocycles. The summed E-state index contributed by atoms with van der Waals surface area (Å²) in [5, 5.41) is 12.7. The van der Waals surface area contributed by atoms with Crippen LogP contribution in [-0.2, 0) is 4.79 Å². The number of rotatable bonds is 11. The van der Waals surface area contributed by atoms with Gasteiger partial charge in [-0.3, -0.25) is 9.69 Å². The van der Waals surface area contributed by atoms with Gasteiger partial charge in [0.2, 0.25) is 0 Å². The second-order valence-corrected chi connectivity index (χ2v) is 8.56. The first-order valence-electron chi connectivity index (χ1n) is 12.4. The lowest BCUT2D eigenvalue weighted by atomic mass is 9.96. The van der Waals surface area contributed by atoms with Crippen LogP contribution in [0.3, 0.4) is 0 Å². The number of benzene rings is 2. The highest BCUT2D eigenvalue weighted by Gasteiger charge is 2.29. The van der Waals surface area contributed by atoms with Crippen molar-refractivity contribution in [3.05, 3.63) is 83.6 Å². The number of carbonyl (C=O) groups is 1. The molecule has 1 aliphatic rings. The lowest BCUT2D eigenvalue weighted by molar-refractivity contribution is -0.128. The molecule has 0 saturated carbocycles. The Morgan fingerprint density at radius 2 is 1.56 bits per heavy atom. The summed E-state index contributed by atoms with van der Waals surface area (Å²) >= 11 is 0. The van der Waals surface area contributed by atoms with Gasteiger partial charge in [-0.15, -0.1) is 0 Å². The fourth-order valence-corrected chi connectivity index (χ4v) is 4.50. The van der Waals surface area contributed by atoms with Crippen molar-refractivity contribution in [2.24, 2.45) is 0 Å². The molecule has 0 bridgehead atoms. The summed E-state index contributed by atoms with van der Waals surface area (Å²) in [5.41, 5.74) is 2.68. The van der Waals surface area contributed by atoms with Crippen LogP contribution in [0.4, 0.5) is 0 Å². The maximum absolute atomic E-state index is 13.0. The van der Waals surface area contributed by atoms with Crippen LogP contribution in [0.5, 0.6) is 0 Å². The molecule has 1 N–H and O–H groups in total. The zero-order chi connectivity index (χ0) is 24.2. The summed E-state index contributed by atoms with van der Waals surface area (Å²) < 4.78 is 0. The number of hydrogen-bond donors (Lipinski definition) is 1. The standard InChI is InChI=1S/C28H37N5O/c1-3-31(4-2)17-11-16-30-23-26(22-29)28(34)33-20-18-32(19-21-33)27(24-12-7-5-8-13-24)25-14-9-6-10-15-25/h5-10,12-15,23,27,30H,3-4,11,16-21H2,1-2H3/b26-23-. The maximum Gasteiger partial charge on any atom is 0.266 e. The first kappa shape index (κ1) is 25.5. The predicted octanol–water partition coefficient (Wildman–Crippen LogP) is 3.65. The lowest BCUT2D eigenvalue weighted by Crippen LogP contribution is -2.50. The van der Waals surface area contributed by atoms with E-state index in [0.29, 0.717) is 13.1 Å². The first-order chi connectivity index (χ1) is 16.7. The summed E-state index contributed by atoms with van der Waals surface area (Å²) in [6.07, 6.45) is 2.57. The lowest BCUT2D eigenvalue weighted by Gasteiger charge is -2.39. The molecular weight excluding hydrogens is 422 g/mol. The summed E-state index contributed by atoms with van der Waals surface area (Å²) in [6.45, 7) is 10.9. The third-order valence-corrected chi connectivity index (χ3v) is 6.48. The summed E-state index contributed by atoms with van der Waals surface area (Å²) in [5.74, 6) is -0.186. The first-order valence-corrected chi connectivity index (χ1v) is 12.4.